The zero-order valence-corrected chi connectivity index (χ0v) is 20.8. The summed E-state index contributed by atoms with van der Waals surface area (Å²) in [6.07, 6.45) is 16.6. The van der Waals surface area contributed by atoms with Crippen LogP contribution >= 0.6 is 0 Å². The van der Waals surface area contributed by atoms with Gasteiger partial charge in [0, 0.05) is 12.3 Å². The first-order valence-corrected chi connectivity index (χ1v) is 13.1. The van der Waals surface area contributed by atoms with E-state index in [1.54, 1.807) is 0 Å². The molecule has 0 bridgehead atoms. The molecule has 0 spiro atoms. The van der Waals surface area contributed by atoms with Crippen LogP contribution in [-0.2, 0) is 9.53 Å². The Kier molecular flexibility index (Phi) is 14.4. The maximum absolute atomic E-state index is 11.5. The van der Waals surface area contributed by atoms with Gasteiger partial charge < -0.3 is 14.9 Å². The molecule has 0 heterocycles. The molecule has 0 radical (unpaired) electrons. The van der Waals surface area contributed by atoms with Crippen LogP contribution in [0.15, 0.2) is 11.6 Å². The van der Waals surface area contributed by atoms with Gasteiger partial charge in [0.25, 0.3) is 0 Å². The van der Waals surface area contributed by atoms with Crippen molar-refractivity contribution in [3.63, 3.8) is 0 Å². The smallest absolute Gasteiger partial charge is 0.305 e. The van der Waals surface area contributed by atoms with E-state index in [0.29, 0.717) is 18.9 Å². The third-order valence-electron chi connectivity index (χ3n) is 7.19. The first-order valence-electron chi connectivity index (χ1n) is 13.1. The van der Waals surface area contributed by atoms with Crippen molar-refractivity contribution >= 4 is 5.97 Å². The van der Waals surface area contributed by atoms with Gasteiger partial charge in [0.15, 0.2) is 0 Å². The van der Waals surface area contributed by atoms with Crippen molar-refractivity contribution in [2.24, 2.45) is 11.8 Å². The molecule has 1 fully saturated rings. The number of ether oxygens (including phenoxy) is 1. The number of carbonyl (C=O) groups excluding carboxylic acids is 1. The number of aliphatic hydroxyl groups excluding tert-OH is 1. The fourth-order valence-corrected chi connectivity index (χ4v) is 5.04. The predicted molar refractivity (Wildman–Crippen MR) is 129 cm³/mol. The number of carbonyl (C=O) groups is 1. The molecule has 1 saturated carbocycles. The summed E-state index contributed by atoms with van der Waals surface area (Å²) in [5, 5.41) is 22.0. The molecule has 1 rings (SSSR count). The predicted octanol–water partition coefficient (Wildman–Crippen LogP) is 6.73. The fourth-order valence-electron chi connectivity index (χ4n) is 5.04. The van der Waals surface area contributed by atoms with Crippen molar-refractivity contribution in [1.82, 2.24) is 0 Å². The summed E-state index contributed by atoms with van der Waals surface area (Å²) >= 11 is 0. The van der Waals surface area contributed by atoms with Crippen LogP contribution in [0.4, 0.5) is 0 Å². The Balaban J connectivity index is 2.55. The van der Waals surface area contributed by atoms with Gasteiger partial charge in [0.2, 0.25) is 0 Å². The third kappa shape index (κ3) is 10.5. The molecule has 0 aromatic heterocycles. The fraction of sp³-hybridized carbons (Fsp3) is 0.889. The number of unbranched alkanes of at least 4 members (excludes halogenated alkanes) is 5. The van der Waals surface area contributed by atoms with Crippen LogP contribution in [0.1, 0.15) is 124 Å². The summed E-state index contributed by atoms with van der Waals surface area (Å²) in [4.78, 5) is 11.4. The Labute approximate surface area is 191 Å². The number of esters is 1. The van der Waals surface area contributed by atoms with E-state index >= 15 is 0 Å². The lowest BCUT2D eigenvalue weighted by Gasteiger charge is -2.34. The highest BCUT2D eigenvalue weighted by Crippen LogP contribution is 2.38. The lowest BCUT2D eigenvalue weighted by atomic mass is 9.78. The molecular weight excluding hydrogens is 388 g/mol. The van der Waals surface area contributed by atoms with Crippen molar-refractivity contribution in [3.8, 4) is 0 Å². The van der Waals surface area contributed by atoms with Crippen molar-refractivity contribution in [2.75, 3.05) is 6.61 Å². The monoisotopic (exact) mass is 438 g/mol. The Morgan fingerprint density at radius 1 is 1.13 bits per heavy atom. The number of hydrogen-bond donors (Lipinski definition) is 2. The first kappa shape index (κ1) is 28.2. The van der Waals surface area contributed by atoms with Gasteiger partial charge in [0.05, 0.1) is 18.3 Å². The van der Waals surface area contributed by atoms with Gasteiger partial charge >= 0.3 is 5.97 Å². The zero-order valence-electron chi connectivity index (χ0n) is 20.8. The van der Waals surface area contributed by atoms with Gasteiger partial charge in [-0.3, -0.25) is 4.79 Å². The summed E-state index contributed by atoms with van der Waals surface area (Å²) in [5.74, 6) is 0.449. The van der Waals surface area contributed by atoms with E-state index in [-0.39, 0.29) is 18.0 Å². The second-order valence-corrected chi connectivity index (χ2v) is 9.70. The molecule has 31 heavy (non-hydrogen) atoms. The van der Waals surface area contributed by atoms with Crippen molar-refractivity contribution in [2.45, 2.75) is 136 Å². The highest BCUT2D eigenvalue weighted by Gasteiger charge is 2.34. The molecule has 0 aromatic rings. The van der Waals surface area contributed by atoms with E-state index < -0.39 is 5.60 Å². The molecule has 182 valence electrons. The standard InChI is InChI=1S/C27H50O4/c1-5-8-13-20-27(30,22(4)14-6-2)21-19-23-17-18-25(28)24(23)15-11-9-10-12-16-26(29)31-7-3/h19,22,24-25,28,30H,5-18,20-21H2,1-4H3/t22?,24-,25+,27?/m1/s1. The van der Waals surface area contributed by atoms with Crippen molar-refractivity contribution in [3.05, 3.63) is 11.6 Å². The normalized spacial score (nSPS) is 23.1. The maximum atomic E-state index is 11.5. The van der Waals surface area contributed by atoms with Crippen LogP contribution in [0.5, 0.6) is 0 Å². The van der Waals surface area contributed by atoms with Gasteiger partial charge in [-0.05, 0) is 57.8 Å². The minimum Gasteiger partial charge on any atom is -0.466 e. The second kappa shape index (κ2) is 15.9. The Hall–Kier alpha value is -0.870. The van der Waals surface area contributed by atoms with Gasteiger partial charge in [-0.15, -0.1) is 0 Å². The average Bonchev–Trinajstić information content (AvgIpc) is 3.09. The highest BCUT2D eigenvalue weighted by atomic mass is 16.5. The van der Waals surface area contributed by atoms with E-state index in [1.807, 2.05) is 6.92 Å². The van der Waals surface area contributed by atoms with Gasteiger partial charge in [-0.2, -0.15) is 0 Å². The minimum atomic E-state index is -0.622. The third-order valence-corrected chi connectivity index (χ3v) is 7.19. The van der Waals surface area contributed by atoms with Gasteiger partial charge in [-0.25, -0.2) is 0 Å². The molecule has 1 aliphatic carbocycles. The first-order chi connectivity index (χ1) is 14.9. The molecule has 2 N–H and O–H groups in total. The SMILES string of the molecule is CCCCCC(O)(CC=C1CC[C@H](O)[C@@H]1CCCCCCC(=O)OCC)C(C)CCC. The van der Waals surface area contributed by atoms with Crippen LogP contribution in [-0.4, -0.2) is 34.5 Å². The zero-order chi connectivity index (χ0) is 23.1. The molecule has 1 aliphatic rings. The van der Waals surface area contributed by atoms with Gasteiger partial charge in [0.1, 0.15) is 0 Å². The van der Waals surface area contributed by atoms with E-state index in [9.17, 15) is 15.0 Å². The largest absolute Gasteiger partial charge is 0.466 e. The second-order valence-electron chi connectivity index (χ2n) is 9.70. The van der Waals surface area contributed by atoms with Crippen LogP contribution in [0, 0.1) is 11.8 Å². The minimum absolute atomic E-state index is 0.0948. The van der Waals surface area contributed by atoms with Crippen molar-refractivity contribution < 1.29 is 19.7 Å². The van der Waals surface area contributed by atoms with E-state index in [4.69, 9.17) is 4.74 Å². The van der Waals surface area contributed by atoms with E-state index in [2.05, 4.69) is 26.8 Å². The Morgan fingerprint density at radius 3 is 2.55 bits per heavy atom. The van der Waals surface area contributed by atoms with Gasteiger partial charge in [-0.1, -0.05) is 77.4 Å². The topological polar surface area (TPSA) is 66.8 Å². The van der Waals surface area contributed by atoms with Crippen LogP contribution in [0.3, 0.4) is 0 Å². The molecule has 0 saturated heterocycles. The molecule has 4 heteroatoms. The molecule has 2 unspecified atom stereocenters. The Morgan fingerprint density at radius 2 is 1.87 bits per heavy atom. The lowest BCUT2D eigenvalue weighted by Crippen LogP contribution is -2.36. The molecule has 4 nitrogen and oxygen atoms in total. The summed E-state index contributed by atoms with van der Waals surface area (Å²) in [5.41, 5.74) is 0.736. The summed E-state index contributed by atoms with van der Waals surface area (Å²) in [7, 11) is 0. The average molecular weight is 439 g/mol. The van der Waals surface area contributed by atoms with Crippen LogP contribution < -0.4 is 0 Å². The maximum Gasteiger partial charge on any atom is 0.305 e. The van der Waals surface area contributed by atoms with Crippen LogP contribution in [0.25, 0.3) is 0 Å². The highest BCUT2D eigenvalue weighted by molar-refractivity contribution is 5.69. The molecule has 0 aliphatic heterocycles. The summed E-state index contributed by atoms with van der Waals surface area (Å²) in [6, 6.07) is 0. The number of hydrogen-bond acceptors (Lipinski definition) is 4. The van der Waals surface area contributed by atoms with Crippen LogP contribution in [0.2, 0.25) is 0 Å². The van der Waals surface area contributed by atoms with E-state index in [0.717, 1.165) is 77.0 Å². The summed E-state index contributed by atoms with van der Waals surface area (Å²) in [6.45, 7) is 8.89. The summed E-state index contributed by atoms with van der Waals surface area (Å²) < 4.78 is 4.98. The molecule has 0 aromatic carbocycles. The molecule has 4 atom stereocenters. The lowest BCUT2D eigenvalue weighted by molar-refractivity contribution is -0.143. The molecular formula is C27H50O4. The quantitative estimate of drug-likeness (QED) is 0.150. The number of aliphatic hydroxyl groups is 2. The van der Waals surface area contributed by atoms with Crippen molar-refractivity contribution in [1.29, 1.82) is 0 Å². The Bertz CT molecular complexity index is 515. The van der Waals surface area contributed by atoms with E-state index in [1.165, 1.54) is 18.4 Å². The number of rotatable bonds is 17. The molecule has 0 amide bonds.